The lowest BCUT2D eigenvalue weighted by molar-refractivity contribution is -0.140. The van der Waals surface area contributed by atoms with Gasteiger partial charge in [0.25, 0.3) is 5.91 Å². The van der Waals surface area contributed by atoms with Crippen LogP contribution in [-0.2, 0) is 4.79 Å². The minimum absolute atomic E-state index is 0.0175. The van der Waals surface area contributed by atoms with Gasteiger partial charge in [0.1, 0.15) is 5.75 Å². The highest BCUT2D eigenvalue weighted by Gasteiger charge is 2.30. The number of aromatic nitrogens is 1. The number of pyridine rings is 1. The molecule has 3 rings (SSSR count). The van der Waals surface area contributed by atoms with E-state index in [2.05, 4.69) is 11.1 Å². The molecule has 1 amide bonds. The van der Waals surface area contributed by atoms with Crippen LogP contribution in [0.4, 0.5) is 0 Å². The normalized spacial score (nSPS) is 18.5. The number of ether oxygens (including phenoxy) is 1. The maximum atomic E-state index is 13.1. The van der Waals surface area contributed by atoms with Crippen molar-refractivity contribution in [3.63, 3.8) is 0 Å². The molecule has 0 bridgehead atoms. The molecule has 1 aliphatic heterocycles. The number of likely N-dealkylation sites (tertiary alicyclic amines) is 1. The number of hydrogen-bond donors (Lipinski definition) is 0. The second-order valence-electron chi connectivity index (χ2n) is 6.58. The molecular formula is C21H23N3O2. The van der Waals surface area contributed by atoms with E-state index in [1.54, 1.807) is 43.6 Å². The Bertz CT molecular complexity index is 785. The van der Waals surface area contributed by atoms with Gasteiger partial charge >= 0.3 is 0 Å². The molecule has 1 aromatic carbocycles. The molecule has 0 aliphatic carbocycles. The predicted molar refractivity (Wildman–Crippen MR) is 98.4 cm³/mol. The van der Waals surface area contributed by atoms with Crippen LogP contribution in [0.1, 0.15) is 49.8 Å². The third-order valence-corrected chi connectivity index (χ3v) is 4.75. The number of hydrogen-bond acceptors (Lipinski definition) is 4. The monoisotopic (exact) mass is 349 g/mol. The highest BCUT2D eigenvalue weighted by molar-refractivity contribution is 5.81. The standard InChI is InChI=1S/C21H23N3O2/c1-16(26-19-7-5-6-17(14-19)15-22)21(25)24-13-4-2-3-8-20(24)18-9-11-23-12-10-18/h5-7,9-12,14,16,20H,2-4,8,13H2,1H3/t16-,20+/m0/s1. The van der Waals surface area contributed by atoms with E-state index < -0.39 is 6.10 Å². The summed E-state index contributed by atoms with van der Waals surface area (Å²) in [7, 11) is 0. The Labute approximate surface area is 154 Å². The van der Waals surface area contributed by atoms with E-state index in [9.17, 15) is 4.79 Å². The average molecular weight is 349 g/mol. The van der Waals surface area contributed by atoms with Gasteiger partial charge in [-0.1, -0.05) is 18.9 Å². The third-order valence-electron chi connectivity index (χ3n) is 4.75. The van der Waals surface area contributed by atoms with Crippen LogP contribution >= 0.6 is 0 Å². The molecule has 134 valence electrons. The van der Waals surface area contributed by atoms with Crippen molar-refractivity contribution < 1.29 is 9.53 Å². The zero-order valence-corrected chi connectivity index (χ0v) is 15.0. The van der Waals surface area contributed by atoms with Gasteiger partial charge in [0, 0.05) is 18.9 Å². The van der Waals surface area contributed by atoms with Crippen molar-refractivity contribution >= 4 is 5.91 Å². The molecule has 1 saturated heterocycles. The topological polar surface area (TPSA) is 66.2 Å². The molecule has 0 unspecified atom stereocenters. The fraction of sp³-hybridized carbons (Fsp3) is 0.381. The zero-order valence-electron chi connectivity index (χ0n) is 15.0. The Balaban J connectivity index is 1.77. The molecule has 0 N–H and O–H groups in total. The van der Waals surface area contributed by atoms with E-state index in [4.69, 9.17) is 10.00 Å². The second kappa shape index (κ2) is 8.48. The van der Waals surface area contributed by atoms with Crippen LogP contribution in [0.2, 0.25) is 0 Å². The summed E-state index contributed by atoms with van der Waals surface area (Å²) in [6.07, 6.45) is 7.13. The molecule has 0 radical (unpaired) electrons. The largest absolute Gasteiger partial charge is 0.481 e. The molecule has 1 fully saturated rings. The average Bonchev–Trinajstić information content (AvgIpc) is 2.94. The molecule has 1 aromatic heterocycles. The lowest BCUT2D eigenvalue weighted by Gasteiger charge is -2.32. The van der Waals surface area contributed by atoms with Gasteiger partial charge in [-0.25, -0.2) is 0 Å². The number of carbonyl (C=O) groups excluding carboxylic acids is 1. The summed E-state index contributed by atoms with van der Waals surface area (Å²) in [5.41, 5.74) is 1.64. The Hall–Kier alpha value is -2.87. The summed E-state index contributed by atoms with van der Waals surface area (Å²) in [4.78, 5) is 19.1. The van der Waals surface area contributed by atoms with Gasteiger partial charge in [-0.05, 0) is 55.7 Å². The highest BCUT2D eigenvalue weighted by atomic mass is 16.5. The van der Waals surface area contributed by atoms with Crippen molar-refractivity contribution in [2.24, 2.45) is 0 Å². The molecule has 2 aromatic rings. The van der Waals surface area contributed by atoms with E-state index in [0.717, 1.165) is 37.8 Å². The number of rotatable bonds is 4. The van der Waals surface area contributed by atoms with Crippen molar-refractivity contribution in [1.82, 2.24) is 9.88 Å². The third kappa shape index (κ3) is 4.20. The van der Waals surface area contributed by atoms with Gasteiger partial charge in [0.05, 0.1) is 17.7 Å². The summed E-state index contributed by atoms with van der Waals surface area (Å²) in [6.45, 7) is 2.51. The molecule has 2 heterocycles. The molecule has 2 atom stereocenters. The Morgan fingerprint density at radius 2 is 2.08 bits per heavy atom. The van der Waals surface area contributed by atoms with E-state index in [-0.39, 0.29) is 11.9 Å². The van der Waals surface area contributed by atoms with Crippen LogP contribution in [0.5, 0.6) is 5.75 Å². The molecule has 5 heteroatoms. The van der Waals surface area contributed by atoms with Gasteiger partial charge in [-0.3, -0.25) is 9.78 Å². The molecule has 0 spiro atoms. The maximum absolute atomic E-state index is 13.1. The summed E-state index contributed by atoms with van der Waals surface area (Å²) in [6, 6.07) is 13.0. The van der Waals surface area contributed by atoms with Gasteiger partial charge < -0.3 is 9.64 Å². The first-order valence-corrected chi connectivity index (χ1v) is 9.06. The fourth-order valence-electron chi connectivity index (χ4n) is 3.43. The van der Waals surface area contributed by atoms with Crippen molar-refractivity contribution in [3.05, 3.63) is 59.9 Å². The summed E-state index contributed by atoms with van der Waals surface area (Å²) >= 11 is 0. The minimum atomic E-state index is -0.605. The van der Waals surface area contributed by atoms with Gasteiger partial charge in [-0.15, -0.1) is 0 Å². The van der Waals surface area contributed by atoms with Crippen molar-refractivity contribution in [3.8, 4) is 11.8 Å². The van der Waals surface area contributed by atoms with Crippen molar-refractivity contribution in [1.29, 1.82) is 5.26 Å². The Kier molecular flexibility index (Phi) is 5.85. The second-order valence-corrected chi connectivity index (χ2v) is 6.58. The summed E-state index contributed by atoms with van der Waals surface area (Å²) in [5, 5.41) is 9.02. The van der Waals surface area contributed by atoms with E-state index in [1.165, 1.54) is 0 Å². The summed E-state index contributed by atoms with van der Waals surface area (Å²) in [5.74, 6) is 0.524. The fourth-order valence-corrected chi connectivity index (χ4v) is 3.43. The minimum Gasteiger partial charge on any atom is -0.481 e. The van der Waals surface area contributed by atoms with Crippen LogP contribution in [0.3, 0.4) is 0 Å². The quantitative estimate of drug-likeness (QED) is 0.840. The first kappa shape index (κ1) is 17.9. The zero-order chi connectivity index (χ0) is 18.4. The van der Waals surface area contributed by atoms with Crippen molar-refractivity contribution in [2.75, 3.05) is 6.54 Å². The van der Waals surface area contributed by atoms with Crippen LogP contribution in [0, 0.1) is 11.3 Å². The molecule has 0 saturated carbocycles. The first-order chi connectivity index (χ1) is 12.7. The van der Waals surface area contributed by atoms with Crippen LogP contribution in [0.15, 0.2) is 48.8 Å². The number of amides is 1. The van der Waals surface area contributed by atoms with Gasteiger partial charge in [0.15, 0.2) is 6.10 Å². The van der Waals surface area contributed by atoms with E-state index >= 15 is 0 Å². The van der Waals surface area contributed by atoms with Crippen LogP contribution in [0.25, 0.3) is 0 Å². The number of nitriles is 1. The SMILES string of the molecule is C[C@H](Oc1cccc(C#N)c1)C(=O)N1CCCCC[C@@H]1c1ccncc1. The van der Waals surface area contributed by atoms with Crippen LogP contribution < -0.4 is 4.74 Å². The Morgan fingerprint density at radius 3 is 2.85 bits per heavy atom. The predicted octanol–water partition coefficient (Wildman–Crippen LogP) is 3.86. The number of carbonyl (C=O) groups is 1. The molecule has 1 aliphatic rings. The first-order valence-electron chi connectivity index (χ1n) is 9.06. The maximum Gasteiger partial charge on any atom is 0.263 e. The van der Waals surface area contributed by atoms with Gasteiger partial charge in [-0.2, -0.15) is 5.26 Å². The lowest BCUT2D eigenvalue weighted by atomic mass is 10.0. The Morgan fingerprint density at radius 1 is 1.27 bits per heavy atom. The van der Waals surface area contributed by atoms with Crippen LogP contribution in [-0.4, -0.2) is 28.4 Å². The molecule has 26 heavy (non-hydrogen) atoms. The summed E-state index contributed by atoms with van der Waals surface area (Å²) < 4.78 is 5.84. The molecular weight excluding hydrogens is 326 g/mol. The lowest BCUT2D eigenvalue weighted by Crippen LogP contribution is -2.42. The van der Waals surface area contributed by atoms with E-state index in [0.29, 0.717) is 11.3 Å². The molecule has 5 nitrogen and oxygen atoms in total. The number of nitrogens with zero attached hydrogens (tertiary/aromatic N) is 3. The van der Waals surface area contributed by atoms with Gasteiger partial charge in [0.2, 0.25) is 0 Å². The highest BCUT2D eigenvalue weighted by Crippen LogP contribution is 2.30. The van der Waals surface area contributed by atoms with Crippen molar-refractivity contribution in [2.45, 2.75) is 44.8 Å². The van der Waals surface area contributed by atoms with E-state index in [1.807, 2.05) is 17.0 Å². The number of benzene rings is 1. The smallest absolute Gasteiger partial charge is 0.263 e.